The summed E-state index contributed by atoms with van der Waals surface area (Å²) in [4.78, 5) is 21.9. The molecule has 0 unspecified atom stereocenters. The average Bonchev–Trinajstić information content (AvgIpc) is 3.06. The van der Waals surface area contributed by atoms with Crippen LogP contribution < -0.4 is 10.6 Å². The molecule has 164 valence electrons. The van der Waals surface area contributed by atoms with E-state index in [9.17, 15) is 4.79 Å². The van der Waals surface area contributed by atoms with Crippen molar-refractivity contribution in [1.82, 2.24) is 19.9 Å². The van der Waals surface area contributed by atoms with Gasteiger partial charge in [0.1, 0.15) is 5.52 Å². The molecule has 4 rings (SSSR count). The van der Waals surface area contributed by atoms with Gasteiger partial charge in [-0.2, -0.15) is 0 Å². The van der Waals surface area contributed by atoms with Crippen molar-refractivity contribution in [2.45, 2.75) is 45.6 Å². The Balaban J connectivity index is 1.50. The number of amides is 1. The molecule has 0 atom stereocenters. The number of pyridine rings is 1. The zero-order chi connectivity index (χ0) is 22.1. The third-order valence-electron chi connectivity index (χ3n) is 6.22. The maximum atomic E-state index is 12.8. The number of aromatic nitrogens is 3. The van der Waals surface area contributed by atoms with Gasteiger partial charge in [-0.3, -0.25) is 9.36 Å². The number of fused-ring (bicyclic) bond motifs is 1. The molecule has 1 aromatic carbocycles. The van der Waals surface area contributed by atoms with Crippen LogP contribution in [0.25, 0.3) is 11.2 Å². The third-order valence-corrected chi connectivity index (χ3v) is 6.85. The van der Waals surface area contributed by atoms with Crippen LogP contribution in [0.15, 0.2) is 30.5 Å². The Labute approximate surface area is 192 Å². The molecule has 3 aromatic rings. The predicted octanol–water partition coefficient (Wildman–Crippen LogP) is 5.96. The lowest BCUT2D eigenvalue weighted by atomic mass is 9.79. The van der Waals surface area contributed by atoms with Crippen LogP contribution in [-0.2, 0) is 7.05 Å². The second-order valence-corrected chi connectivity index (χ2v) is 9.43. The maximum Gasteiger partial charge on any atom is 0.253 e. The third kappa shape index (κ3) is 4.65. The summed E-state index contributed by atoms with van der Waals surface area (Å²) in [5.41, 5.74) is 2.39. The van der Waals surface area contributed by atoms with E-state index in [0.29, 0.717) is 44.3 Å². The van der Waals surface area contributed by atoms with Crippen molar-refractivity contribution in [2.24, 2.45) is 18.9 Å². The fraction of sp³-hybridized carbons (Fsp3) is 0.435. The van der Waals surface area contributed by atoms with Crippen molar-refractivity contribution in [3.63, 3.8) is 0 Å². The highest BCUT2D eigenvalue weighted by molar-refractivity contribution is 6.39. The lowest BCUT2D eigenvalue weighted by molar-refractivity contribution is 0.0917. The molecule has 8 heteroatoms. The van der Waals surface area contributed by atoms with E-state index >= 15 is 0 Å². The topological polar surface area (TPSA) is 71.8 Å². The predicted molar refractivity (Wildman–Crippen MR) is 126 cm³/mol. The van der Waals surface area contributed by atoms with Crippen molar-refractivity contribution in [3.05, 3.63) is 46.1 Å². The number of carbonyl (C=O) groups excluding carboxylic acids is 1. The van der Waals surface area contributed by atoms with Gasteiger partial charge in [-0.1, -0.05) is 43.1 Å². The Morgan fingerprint density at radius 3 is 2.48 bits per heavy atom. The SMILES string of the molecule is CC(C)[C@H]1CC[C@H](NC(=O)c2cnc3c(c2)nc(Nc2c(Cl)cccc2Cl)n3C)CC1. The van der Waals surface area contributed by atoms with E-state index in [1.165, 1.54) is 12.8 Å². The van der Waals surface area contributed by atoms with Crippen molar-refractivity contribution < 1.29 is 4.79 Å². The van der Waals surface area contributed by atoms with Crippen LogP contribution >= 0.6 is 23.2 Å². The van der Waals surface area contributed by atoms with E-state index in [1.54, 1.807) is 30.5 Å². The van der Waals surface area contributed by atoms with E-state index in [-0.39, 0.29) is 11.9 Å². The normalized spacial score (nSPS) is 19.0. The van der Waals surface area contributed by atoms with E-state index in [2.05, 4.69) is 34.4 Å². The molecular weight excluding hydrogens is 433 g/mol. The number of imidazole rings is 1. The smallest absolute Gasteiger partial charge is 0.253 e. The van der Waals surface area contributed by atoms with Gasteiger partial charge in [0.2, 0.25) is 5.95 Å². The molecule has 31 heavy (non-hydrogen) atoms. The number of para-hydroxylation sites is 1. The Morgan fingerprint density at radius 1 is 1.16 bits per heavy atom. The van der Waals surface area contributed by atoms with Crippen LogP contribution in [0.2, 0.25) is 10.0 Å². The number of benzene rings is 1. The van der Waals surface area contributed by atoms with Crippen molar-refractivity contribution in [1.29, 1.82) is 0 Å². The van der Waals surface area contributed by atoms with Gasteiger partial charge in [0.15, 0.2) is 5.65 Å². The van der Waals surface area contributed by atoms with Gasteiger partial charge in [-0.05, 0) is 55.7 Å². The molecule has 2 N–H and O–H groups in total. The number of nitrogens with zero attached hydrogens (tertiary/aromatic N) is 3. The first-order chi connectivity index (χ1) is 14.8. The molecule has 1 aliphatic rings. The molecule has 6 nitrogen and oxygen atoms in total. The first-order valence-electron chi connectivity index (χ1n) is 10.7. The van der Waals surface area contributed by atoms with Crippen LogP contribution in [0.3, 0.4) is 0 Å². The van der Waals surface area contributed by atoms with Crippen LogP contribution in [-0.4, -0.2) is 26.5 Å². The Hall–Kier alpha value is -2.31. The minimum atomic E-state index is -0.100. The summed E-state index contributed by atoms with van der Waals surface area (Å²) in [6, 6.07) is 7.30. The Bertz CT molecular complexity index is 1080. The van der Waals surface area contributed by atoms with Gasteiger partial charge in [-0.15, -0.1) is 0 Å². The zero-order valence-electron chi connectivity index (χ0n) is 18.0. The fourth-order valence-electron chi connectivity index (χ4n) is 4.24. The molecule has 0 spiro atoms. The van der Waals surface area contributed by atoms with E-state index in [0.717, 1.165) is 18.8 Å². The number of rotatable bonds is 5. The summed E-state index contributed by atoms with van der Waals surface area (Å²) in [6.45, 7) is 4.56. The highest BCUT2D eigenvalue weighted by atomic mass is 35.5. The molecule has 0 saturated heterocycles. The summed E-state index contributed by atoms with van der Waals surface area (Å²) in [7, 11) is 1.85. The molecule has 0 radical (unpaired) electrons. The number of halogens is 2. The number of nitrogens with one attached hydrogen (secondary N) is 2. The number of anilines is 2. The maximum absolute atomic E-state index is 12.8. The molecular formula is C23H27Cl2N5O. The zero-order valence-corrected chi connectivity index (χ0v) is 19.5. The summed E-state index contributed by atoms with van der Waals surface area (Å²) >= 11 is 12.5. The fourth-order valence-corrected chi connectivity index (χ4v) is 4.73. The van der Waals surface area contributed by atoms with Crippen LogP contribution in [0.5, 0.6) is 0 Å². The summed E-state index contributed by atoms with van der Waals surface area (Å²) in [5, 5.41) is 7.34. The second-order valence-electron chi connectivity index (χ2n) is 8.61. The van der Waals surface area contributed by atoms with Gasteiger partial charge in [0.25, 0.3) is 5.91 Å². The summed E-state index contributed by atoms with van der Waals surface area (Å²) in [5.74, 6) is 1.91. The monoisotopic (exact) mass is 459 g/mol. The first kappa shape index (κ1) is 21.9. The van der Waals surface area contributed by atoms with E-state index in [4.69, 9.17) is 23.2 Å². The van der Waals surface area contributed by atoms with Gasteiger partial charge >= 0.3 is 0 Å². The van der Waals surface area contributed by atoms with Crippen molar-refractivity contribution >= 4 is 51.9 Å². The lowest BCUT2D eigenvalue weighted by Crippen LogP contribution is -2.38. The highest BCUT2D eigenvalue weighted by Gasteiger charge is 2.25. The van der Waals surface area contributed by atoms with Gasteiger partial charge in [0.05, 0.1) is 21.3 Å². The molecule has 1 saturated carbocycles. The number of hydrogen-bond acceptors (Lipinski definition) is 4. The van der Waals surface area contributed by atoms with E-state index < -0.39 is 0 Å². The average molecular weight is 460 g/mol. The molecule has 2 aromatic heterocycles. The van der Waals surface area contributed by atoms with Gasteiger partial charge in [0, 0.05) is 19.3 Å². The highest BCUT2D eigenvalue weighted by Crippen LogP contribution is 2.33. The minimum Gasteiger partial charge on any atom is -0.349 e. The van der Waals surface area contributed by atoms with Crippen LogP contribution in [0, 0.1) is 11.8 Å². The number of hydrogen-bond donors (Lipinski definition) is 2. The molecule has 0 aliphatic heterocycles. The van der Waals surface area contributed by atoms with Crippen LogP contribution in [0.4, 0.5) is 11.6 Å². The summed E-state index contributed by atoms with van der Waals surface area (Å²) in [6.07, 6.45) is 5.99. The van der Waals surface area contributed by atoms with Crippen molar-refractivity contribution in [2.75, 3.05) is 5.32 Å². The van der Waals surface area contributed by atoms with Crippen LogP contribution in [0.1, 0.15) is 49.9 Å². The van der Waals surface area contributed by atoms with Gasteiger partial charge in [-0.25, -0.2) is 9.97 Å². The number of aryl methyl sites for hydroxylation is 1. The standard InChI is InChI=1S/C23H27Cl2N5O/c1-13(2)14-7-9-16(10-8-14)27-22(31)15-11-19-21(26-12-15)30(3)23(28-19)29-20-17(24)5-4-6-18(20)25/h4-6,11-14,16H,7-10H2,1-3H3,(H,27,31)(H,28,29)/t14-,16-. The van der Waals surface area contributed by atoms with E-state index in [1.807, 2.05) is 11.6 Å². The lowest BCUT2D eigenvalue weighted by Gasteiger charge is -2.31. The molecule has 1 fully saturated rings. The summed E-state index contributed by atoms with van der Waals surface area (Å²) < 4.78 is 1.81. The van der Waals surface area contributed by atoms with Gasteiger partial charge < -0.3 is 10.6 Å². The number of carbonyl (C=O) groups is 1. The second kappa shape index (κ2) is 9.05. The quantitative estimate of drug-likeness (QED) is 0.493. The molecule has 0 bridgehead atoms. The minimum absolute atomic E-state index is 0.100. The molecule has 1 aliphatic carbocycles. The Kier molecular flexibility index (Phi) is 6.39. The molecule has 1 amide bonds. The first-order valence-corrected chi connectivity index (χ1v) is 11.4. The molecule has 2 heterocycles. The Morgan fingerprint density at radius 2 is 1.84 bits per heavy atom. The van der Waals surface area contributed by atoms with Crippen molar-refractivity contribution in [3.8, 4) is 0 Å². The largest absolute Gasteiger partial charge is 0.349 e.